The number of fused-ring (bicyclic) bond motifs is 2. The van der Waals surface area contributed by atoms with Crippen LogP contribution in [-0.4, -0.2) is 40.5 Å². The first-order valence-corrected chi connectivity index (χ1v) is 14.1. The molecule has 5 rings (SSSR count). The van der Waals surface area contributed by atoms with Crippen LogP contribution in [0.4, 0.5) is 5.69 Å². The summed E-state index contributed by atoms with van der Waals surface area (Å²) in [6.45, 7) is 8.30. The van der Waals surface area contributed by atoms with Crippen molar-refractivity contribution in [1.29, 1.82) is 0 Å². The zero-order valence-electron chi connectivity index (χ0n) is 23.5. The van der Waals surface area contributed by atoms with Gasteiger partial charge in [-0.2, -0.15) is 0 Å². The van der Waals surface area contributed by atoms with E-state index < -0.39 is 11.0 Å². The number of nitro benzene ring substituents is 1. The Bertz CT molecular complexity index is 1920. The fraction of sp³-hybridized carbons (Fsp3) is 0.258. The van der Waals surface area contributed by atoms with Crippen molar-refractivity contribution in [2.45, 2.75) is 33.7 Å². The second-order valence-electron chi connectivity index (χ2n) is 9.76. The van der Waals surface area contributed by atoms with E-state index in [4.69, 9.17) is 9.73 Å². The molecule has 0 N–H and O–H groups in total. The predicted octanol–water partition coefficient (Wildman–Crippen LogP) is 4.48. The van der Waals surface area contributed by atoms with Gasteiger partial charge in [0.15, 0.2) is 4.80 Å². The van der Waals surface area contributed by atoms with Gasteiger partial charge >= 0.3 is 0 Å². The van der Waals surface area contributed by atoms with Gasteiger partial charge in [0, 0.05) is 30.3 Å². The molecule has 3 aromatic carbocycles. The monoisotopic (exact) mass is 570 g/mol. The molecule has 2 heterocycles. The summed E-state index contributed by atoms with van der Waals surface area (Å²) >= 11 is 1.19. The zero-order chi connectivity index (χ0) is 29.4. The van der Waals surface area contributed by atoms with Gasteiger partial charge in [0.2, 0.25) is 0 Å². The lowest BCUT2D eigenvalue weighted by Crippen LogP contribution is -2.43. The summed E-state index contributed by atoms with van der Waals surface area (Å²) in [4.78, 5) is 46.2. The Balaban J connectivity index is 1.84. The highest BCUT2D eigenvalue weighted by molar-refractivity contribution is 7.07. The molecule has 1 aromatic heterocycles. The van der Waals surface area contributed by atoms with E-state index in [2.05, 4.69) is 0 Å². The minimum Gasteiger partial charge on any atom is -0.496 e. The number of ether oxygens (including phenoxy) is 1. The Morgan fingerprint density at radius 2 is 1.88 bits per heavy atom. The Morgan fingerprint density at radius 3 is 2.56 bits per heavy atom. The van der Waals surface area contributed by atoms with Crippen LogP contribution in [0.1, 0.15) is 43.5 Å². The van der Waals surface area contributed by atoms with Gasteiger partial charge in [-0.25, -0.2) is 4.99 Å². The third-order valence-corrected chi connectivity index (χ3v) is 8.44. The number of hydrogen-bond acceptors (Lipinski definition) is 7. The van der Waals surface area contributed by atoms with E-state index in [1.54, 1.807) is 48.6 Å². The summed E-state index contributed by atoms with van der Waals surface area (Å²) in [5, 5.41) is 13.3. The van der Waals surface area contributed by atoms with Gasteiger partial charge in [0.1, 0.15) is 11.8 Å². The number of carbonyl (C=O) groups is 1. The predicted molar refractivity (Wildman–Crippen MR) is 160 cm³/mol. The number of allylic oxidation sites excluding steroid dienone is 1. The van der Waals surface area contributed by atoms with Gasteiger partial charge in [-0.1, -0.05) is 53.8 Å². The standard InChI is InChI=1S/C31H30N4O5S/c1-6-33(7-2)30(37)26-19(4)32-31-34(28(26)27-22-11-9-8-10-21(22)14-15-24(27)40-5)29(36)25(41-31)17-20-13-12-18(3)23(16-20)35(38)39/h8-17,28H,6-7H2,1-5H3/b25-17-/t28-/m1/s1. The third kappa shape index (κ3) is 4.84. The number of aryl methyl sites for hydroxylation is 1. The molecular formula is C31H30N4O5S. The number of thiazole rings is 1. The SMILES string of the molecule is CCN(CC)C(=O)C1=C(C)N=c2s/c(=C\c3ccc(C)c([N+](=O)[O-])c3)c(=O)n2[C@H]1c1c(OC)ccc2ccccc12. The molecule has 9 nitrogen and oxygen atoms in total. The summed E-state index contributed by atoms with van der Waals surface area (Å²) in [7, 11) is 1.57. The van der Waals surface area contributed by atoms with Crippen LogP contribution in [-0.2, 0) is 4.79 Å². The van der Waals surface area contributed by atoms with Gasteiger partial charge in [0.05, 0.1) is 27.8 Å². The van der Waals surface area contributed by atoms with Crippen LogP contribution < -0.4 is 19.6 Å². The van der Waals surface area contributed by atoms with E-state index >= 15 is 0 Å². The Morgan fingerprint density at radius 1 is 1.15 bits per heavy atom. The quantitative estimate of drug-likeness (QED) is 0.241. The van der Waals surface area contributed by atoms with Crippen molar-refractivity contribution in [2.75, 3.05) is 20.2 Å². The number of aromatic nitrogens is 1. The van der Waals surface area contributed by atoms with Crippen molar-refractivity contribution >= 4 is 39.8 Å². The largest absolute Gasteiger partial charge is 0.496 e. The number of methoxy groups -OCH3 is 1. The summed E-state index contributed by atoms with van der Waals surface area (Å²) in [6.07, 6.45) is 1.64. The van der Waals surface area contributed by atoms with Gasteiger partial charge in [-0.05, 0) is 56.2 Å². The van der Waals surface area contributed by atoms with Crippen LogP contribution in [0.5, 0.6) is 5.75 Å². The highest BCUT2D eigenvalue weighted by atomic mass is 32.1. The van der Waals surface area contributed by atoms with Crippen molar-refractivity contribution in [3.8, 4) is 5.75 Å². The molecule has 0 fully saturated rings. The van der Waals surface area contributed by atoms with Crippen LogP contribution in [0.15, 0.2) is 75.7 Å². The first-order valence-electron chi connectivity index (χ1n) is 13.3. The lowest BCUT2D eigenvalue weighted by atomic mass is 9.90. The van der Waals surface area contributed by atoms with Crippen molar-refractivity contribution in [3.05, 3.63) is 112 Å². The maximum atomic E-state index is 14.2. The molecule has 0 unspecified atom stereocenters. The first-order chi connectivity index (χ1) is 19.7. The molecule has 0 saturated heterocycles. The highest BCUT2D eigenvalue weighted by Gasteiger charge is 2.36. The molecule has 0 spiro atoms. The third-order valence-electron chi connectivity index (χ3n) is 7.45. The smallest absolute Gasteiger partial charge is 0.272 e. The van der Waals surface area contributed by atoms with E-state index in [0.29, 0.717) is 56.1 Å². The van der Waals surface area contributed by atoms with E-state index in [1.807, 2.05) is 50.2 Å². The maximum Gasteiger partial charge on any atom is 0.272 e. The zero-order valence-corrected chi connectivity index (χ0v) is 24.3. The van der Waals surface area contributed by atoms with Crippen LogP contribution in [0, 0.1) is 17.0 Å². The molecule has 4 aromatic rings. The molecule has 1 aliphatic heterocycles. The molecule has 0 radical (unpaired) electrons. The molecule has 0 saturated carbocycles. The molecule has 210 valence electrons. The van der Waals surface area contributed by atoms with Crippen molar-refractivity contribution in [2.24, 2.45) is 4.99 Å². The minimum absolute atomic E-state index is 0.0205. The summed E-state index contributed by atoms with van der Waals surface area (Å²) in [5.74, 6) is 0.358. The molecule has 0 aliphatic carbocycles. The van der Waals surface area contributed by atoms with E-state index in [9.17, 15) is 19.7 Å². The highest BCUT2D eigenvalue weighted by Crippen LogP contribution is 2.40. The Hall–Kier alpha value is -4.57. The second-order valence-corrected chi connectivity index (χ2v) is 10.8. The molecule has 1 aliphatic rings. The Labute approximate surface area is 240 Å². The number of benzene rings is 3. The maximum absolute atomic E-state index is 14.2. The lowest BCUT2D eigenvalue weighted by molar-refractivity contribution is -0.385. The first kappa shape index (κ1) is 28.0. The number of likely N-dealkylation sites (N-methyl/N-ethyl adjacent to an activating group) is 1. The summed E-state index contributed by atoms with van der Waals surface area (Å²) in [6, 6.07) is 15.7. The number of hydrogen-bond donors (Lipinski definition) is 0. The van der Waals surface area contributed by atoms with Gasteiger partial charge in [-0.3, -0.25) is 24.3 Å². The van der Waals surface area contributed by atoms with Crippen LogP contribution >= 0.6 is 11.3 Å². The second kappa shape index (κ2) is 11.1. The van der Waals surface area contributed by atoms with E-state index in [-0.39, 0.29) is 17.2 Å². The summed E-state index contributed by atoms with van der Waals surface area (Å²) in [5.41, 5.74) is 2.35. The number of nitrogens with zero attached hydrogens (tertiary/aromatic N) is 4. The van der Waals surface area contributed by atoms with Crippen molar-refractivity contribution < 1.29 is 14.5 Å². The van der Waals surface area contributed by atoms with Gasteiger partial charge in [0.25, 0.3) is 17.2 Å². The number of carbonyl (C=O) groups excluding carboxylic acids is 1. The molecule has 10 heteroatoms. The molecule has 1 atom stereocenters. The van der Waals surface area contributed by atoms with Crippen LogP contribution in [0.3, 0.4) is 0 Å². The number of rotatable bonds is 7. The fourth-order valence-corrected chi connectivity index (χ4v) is 6.40. The average Bonchev–Trinajstić information content (AvgIpc) is 3.26. The van der Waals surface area contributed by atoms with E-state index in [1.165, 1.54) is 17.4 Å². The van der Waals surface area contributed by atoms with Crippen LogP contribution in [0.2, 0.25) is 0 Å². The number of nitro groups is 1. The van der Waals surface area contributed by atoms with Crippen molar-refractivity contribution in [3.63, 3.8) is 0 Å². The Kier molecular flexibility index (Phi) is 7.59. The number of amides is 1. The fourth-order valence-electron chi connectivity index (χ4n) is 5.35. The molecule has 1 amide bonds. The minimum atomic E-state index is -0.796. The normalized spacial score (nSPS) is 15.0. The molecule has 0 bridgehead atoms. The van der Waals surface area contributed by atoms with Crippen molar-refractivity contribution in [1.82, 2.24) is 9.47 Å². The lowest BCUT2D eigenvalue weighted by Gasteiger charge is -2.30. The molecule has 41 heavy (non-hydrogen) atoms. The van der Waals surface area contributed by atoms with Gasteiger partial charge in [-0.15, -0.1) is 0 Å². The summed E-state index contributed by atoms with van der Waals surface area (Å²) < 4.78 is 7.75. The average molecular weight is 571 g/mol. The van der Waals surface area contributed by atoms with Gasteiger partial charge < -0.3 is 9.64 Å². The molecular weight excluding hydrogens is 540 g/mol. The topological polar surface area (TPSA) is 107 Å². The van der Waals surface area contributed by atoms with Crippen LogP contribution in [0.25, 0.3) is 16.8 Å². The van der Waals surface area contributed by atoms with E-state index in [0.717, 1.165) is 10.8 Å².